The van der Waals surface area contributed by atoms with Crippen molar-refractivity contribution in [3.63, 3.8) is 0 Å². The Morgan fingerprint density at radius 2 is 2.13 bits per heavy atom. The maximum atomic E-state index is 4.59. The molecule has 3 heteroatoms. The number of aliphatic imine (C=N–C) groups is 1. The SMILES string of the molecule is Cc1cc(C)nc(/N=C2\CCCN2C)c1. The molecule has 2 rings (SSSR count). The van der Waals surface area contributed by atoms with Crippen molar-refractivity contribution in [2.75, 3.05) is 13.6 Å². The summed E-state index contributed by atoms with van der Waals surface area (Å²) in [4.78, 5) is 11.2. The Bertz CT molecular complexity index is 376. The zero-order chi connectivity index (χ0) is 10.8. The number of aryl methyl sites for hydroxylation is 2. The molecule has 1 aliphatic rings. The van der Waals surface area contributed by atoms with Crippen molar-refractivity contribution < 1.29 is 0 Å². The standard InChI is InChI=1S/C12H17N3/c1-9-7-10(2)13-11(8-9)14-12-5-4-6-15(12)3/h7-8H,4-6H2,1-3H3/b14-12+. The quantitative estimate of drug-likeness (QED) is 0.701. The highest BCUT2D eigenvalue weighted by molar-refractivity contribution is 5.85. The van der Waals surface area contributed by atoms with E-state index in [-0.39, 0.29) is 0 Å². The van der Waals surface area contributed by atoms with Crippen LogP contribution in [0.25, 0.3) is 0 Å². The lowest BCUT2D eigenvalue weighted by molar-refractivity contribution is 0.550. The summed E-state index contributed by atoms with van der Waals surface area (Å²) in [5, 5.41) is 0. The highest BCUT2D eigenvalue weighted by atomic mass is 15.2. The van der Waals surface area contributed by atoms with E-state index < -0.39 is 0 Å². The van der Waals surface area contributed by atoms with Gasteiger partial charge >= 0.3 is 0 Å². The lowest BCUT2D eigenvalue weighted by Gasteiger charge is -2.10. The second-order valence-corrected chi connectivity index (χ2v) is 4.20. The van der Waals surface area contributed by atoms with E-state index in [9.17, 15) is 0 Å². The van der Waals surface area contributed by atoms with Gasteiger partial charge in [0.2, 0.25) is 0 Å². The molecule has 1 saturated heterocycles. The van der Waals surface area contributed by atoms with Crippen molar-refractivity contribution in [3.8, 4) is 0 Å². The van der Waals surface area contributed by atoms with Crippen molar-refractivity contribution in [3.05, 3.63) is 23.4 Å². The predicted molar refractivity (Wildman–Crippen MR) is 62.7 cm³/mol. The van der Waals surface area contributed by atoms with Crippen LogP contribution in [0.5, 0.6) is 0 Å². The topological polar surface area (TPSA) is 28.5 Å². The molecule has 0 amide bonds. The molecule has 1 aromatic heterocycles. The van der Waals surface area contributed by atoms with Crippen molar-refractivity contribution in [2.45, 2.75) is 26.7 Å². The summed E-state index contributed by atoms with van der Waals surface area (Å²) >= 11 is 0. The molecule has 2 heterocycles. The van der Waals surface area contributed by atoms with E-state index in [1.807, 2.05) is 13.0 Å². The molecule has 0 N–H and O–H groups in total. The van der Waals surface area contributed by atoms with Gasteiger partial charge in [-0.05, 0) is 38.0 Å². The summed E-state index contributed by atoms with van der Waals surface area (Å²) in [5.74, 6) is 2.00. The lowest BCUT2D eigenvalue weighted by atomic mass is 10.2. The summed E-state index contributed by atoms with van der Waals surface area (Å²) in [5.41, 5.74) is 2.26. The lowest BCUT2D eigenvalue weighted by Crippen LogP contribution is -2.18. The molecular formula is C12H17N3. The Kier molecular flexibility index (Phi) is 2.71. The molecular weight excluding hydrogens is 186 g/mol. The van der Waals surface area contributed by atoms with E-state index in [2.05, 4.69) is 34.9 Å². The summed E-state index contributed by atoms with van der Waals surface area (Å²) < 4.78 is 0. The fourth-order valence-electron chi connectivity index (χ4n) is 1.95. The molecule has 1 aliphatic heterocycles. The number of nitrogens with zero attached hydrogens (tertiary/aromatic N) is 3. The van der Waals surface area contributed by atoms with E-state index in [0.717, 1.165) is 30.3 Å². The van der Waals surface area contributed by atoms with Crippen molar-refractivity contribution in [2.24, 2.45) is 4.99 Å². The van der Waals surface area contributed by atoms with Crippen molar-refractivity contribution in [1.82, 2.24) is 9.88 Å². The zero-order valence-electron chi connectivity index (χ0n) is 9.62. The van der Waals surface area contributed by atoms with Crippen LogP contribution >= 0.6 is 0 Å². The number of hydrogen-bond donors (Lipinski definition) is 0. The maximum Gasteiger partial charge on any atom is 0.154 e. The van der Waals surface area contributed by atoms with E-state index in [1.54, 1.807) is 0 Å². The third kappa shape index (κ3) is 2.35. The van der Waals surface area contributed by atoms with Crippen LogP contribution in [0.4, 0.5) is 5.82 Å². The summed E-state index contributed by atoms with van der Waals surface area (Å²) in [6.45, 7) is 5.20. The van der Waals surface area contributed by atoms with Gasteiger partial charge in [-0.15, -0.1) is 0 Å². The molecule has 1 aromatic rings. The smallest absolute Gasteiger partial charge is 0.154 e. The summed E-state index contributed by atoms with van der Waals surface area (Å²) in [7, 11) is 2.09. The first kappa shape index (κ1) is 10.1. The van der Waals surface area contributed by atoms with Crippen LogP contribution in [0, 0.1) is 13.8 Å². The Balaban J connectivity index is 2.30. The van der Waals surface area contributed by atoms with Gasteiger partial charge in [-0.25, -0.2) is 9.98 Å². The Hall–Kier alpha value is -1.38. The average Bonchev–Trinajstić information content (AvgIpc) is 2.50. The van der Waals surface area contributed by atoms with Crippen LogP contribution in [-0.2, 0) is 0 Å². The molecule has 0 atom stereocenters. The fraction of sp³-hybridized carbons (Fsp3) is 0.500. The summed E-state index contributed by atoms with van der Waals surface area (Å²) in [6, 6.07) is 4.11. The van der Waals surface area contributed by atoms with Gasteiger partial charge in [0.15, 0.2) is 5.82 Å². The molecule has 1 fully saturated rings. The van der Waals surface area contributed by atoms with E-state index in [1.165, 1.54) is 12.0 Å². The first-order valence-electron chi connectivity index (χ1n) is 5.39. The van der Waals surface area contributed by atoms with Crippen molar-refractivity contribution in [1.29, 1.82) is 0 Å². The highest BCUT2D eigenvalue weighted by Crippen LogP contribution is 2.17. The highest BCUT2D eigenvalue weighted by Gasteiger charge is 2.14. The minimum atomic E-state index is 0.844. The van der Waals surface area contributed by atoms with Crippen LogP contribution in [0.2, 0.25) is 0 Å². The van der Waals surface area contributed by atoms with Gasteiger partial charge in [-0.3, -0.25) is 0 Å². The number of pyridine rings is 1. The largest absolute Gasteiger partial charge is 0.363 e. The molecule has 3 nitrogen and oxygen atoms in total. The van der Waals surface area contributed by atoms with Gasteiger partial charge in [0.25, 0.3) is 0 Å². The number of rotatable bonds is 1. The second kappa shape index (κ2) is 4.01. The molecule has 0 saturated carbocycles. The molecule has 15 heavy (non-hydrogen) atoms. The normalized spacial score (nSPS) is 18.9. The zero-order valence-corrected chi connectivity index (χ0v) is 9.62. The second-order valence-electron chi connectivity index (χ2n) is 4.20. The van der Waals surface area contributed by atoms with Crippen LogP contribution in [0.1, 0.15) is 24.1 Å². The molecule has 0 radical (unpaired) electrons. The van der Waals surface area contributed by atoms with Crippen LogP contribution in [0.3, 0.4) is 0 Å². The van der Waals surface area contributed by atoms with E-state index >= 15 is 0 Å². The number of hydrogen-bond acceptors (Lipinski definition) is 2. The Morgan fingerprint density at radius 3 is 2.73 bits per heavy atom. The monoisotopic (exact) mass is 203 g/mol. The van der Waals surface area contributed by atoms with Crippen LogP contribution in [0.15, 0.2) is 17.1 Å². The molecule has 0 unspecified atom stereocenters. The number of aromatic nitrogens is 1. The van der Waals surface area contributed by atoms with E-state index in [0.29, 0.717) is 0 Å². The minimum Gasteiger partial charge on any atom is -0.363 e. The van der Waals surface area contributed by atoms with Gasteiger partial charge < -0.3 is 4.90 Å². The van der Waals surface area contributed by atoms with Gasteiger partial charge in [-0.2, -0.15) is 0 Å². The van der Waals surface area contributed by atoms with Crippen LogP contribution < -0.4 is 0 Å². The first-order chi connectivity index (χ1) is 7.15. The maximum absolute atomic E-state index is 4.59. The molecule has 0 bridgehead atoms. The van der Waals surface area contributed by atoms with Crippen molar-refractivity contribution >= 4 is 11.7 Å². The number of amidine groups is 1. The minimum absolute atomic E-state index is 0.844. The summed E-state index contributed by atoms with van der Waals surface area (Å²) in [6.07, 6.45) is 2.28. The fourth-order valence-corrected chi connectivity index (χ4v) is 1.95. The van der Waals surface area contributed by atoms with Gasteiger partial charge in [0.1, 0.15) is 5.84 Å². The number of likely N-dealkylation sites (tertiary alicyclic amines) is 1. The van der Waals surface area contributed by atoms with Gasteiger partial charge in [0.05, 0.1) is 0 Å². The van der Waals surface area contributed by atoms with E-state index in [4.69, 9.17) is 0 Å². The molecule has 80 valence electrons. The molecule has 0 aliphatic carbocycles. The third-order valence-corrected chi connectivity index (χ3v) is 2.66. The Morgan fingerprint density at radius 1 is 1.33 bits per heavy atom. The average molecular weight is 203 g/mol. The first-order valence-corrected chi connectivity index (χ1v) is 5.39. The van der Waals surface area contributed by atoms with Crippen LogP contribution in [-0.4, -0.2) is 29.3 Å². The van der Waals surface area contributed by atoms with Gasteiger partial charge in [0, 0.05) is 25.7 Å². The Labute approximate surface area is 90.9 Å². The third-order valence-electron chi connectivity index (χ3n) is 2.66. The predicted octanol–water partition coefficient (Wildman–Crippen LogP) is 2.45. The molecule has 0 spiro atoms. The molecule has 0 aromatic carbocycles. The van der Waals surface area contributed by atoms with Gasteiger partial charge in [-0.1, -0.05) is 0 Å².